The first-order valence-corrected chi connectivity index (χ1v) is 6.29. The molecule has 2 nitrogen and oxygen atoms in total. The van der Waals surface area contributed by atoms with Crippen LogP contribution < -0.4 is 0 Å². The first-order valence-electron chi connectivity index (χ1n) is 6.29. The van der Waals surface area contributed by atoms with Crippen LogP contribution in [0.25, 0.3) is 0 Å². The lowest BCUT2D eigenvalue weighted by molar-refractivity contribution is -0.137. The lowest BCUT2D eigenvalue weighted by atomic mass is 9.86. The van der Waals surface area contributed by atoms with E-state index in [1.165, 1.54) is 18.2 Å². The third-order valence-electron chi connectivity index (χ3n) is 3.33. The number of rotatable bonds is 3. The van der Waals surface area contributed by atoms with Crippen LogP contribution in [0.2, 0.25) is 0 Å². The van der Waals surface area contributed by atoms with Gasteiger partial charge in [0, 0.05) is 0 Å². The van der Waals surface area contributed by atoms with Crippen LogP contribution in [0.5, 0.6) is 0 Å². The number of aliphatic hydroxyl groups is 1. The molecule has 1 N–H and O–H groups in total. The van der Waals surface area contributed by atoms with Gasteiger partial charge in [-0.2, -0.15) is 13.2 Å². The van der Waals surface area contributed by atoms with Gasteiger partial charge in [0.05, 0.1) is 17.5 Å². The molecule has 0 aliphatic heterocycles. The first-order chi connectivity index (χ1) is 9.77. The molecule has 1 aromatic heterocycles. The van der Waals surface area contributed by atoms with Gasteiger partial charge in [0.1, 0.15) is 11.4 Å². The minimum atomic E-state index is -4.50. The van der Waals surface area contributed by atoms with Crippen LogP contribution in [0.3, 0.4) is 0 Å². The van der Waals surface area contributed by atoms with Crippen LogP contribution in [-0.2, 0) is 11.8 Å². The normalized spacial score (nSPS) is 14.8. The fourth-order valence-corrected chi connectivity index (χ4v) is 2.11. The number of aromatic nitrogens is 1. The Morgan fingerprint density at radius 2 is 1.76 bits per heavy atom. The summed E-state index contributed by atoms with van der Waals surface area (Å²) in [5, 5.41) is 10.7. The van der Waals surface area contributed by atoms with Gasteiger partial charge in [-0.25, -0.2) is 4.39 Å². The van der Waals surface area contributed by atoms with Gasteiger partial charge in [0.25, 0.3) is 0 Å². The molecule has 0 radical (unpaired) electrons. The molecule has 0 bridgehead atoms. The standard InChI is InChI=1S/C15H13F4NO/c1-2-14(21,13-7-6-12(16)9-20-13)10-4-3-5-11(8-10)15(17,18)19/h3-9,21H,2H2,1H3. The highest BCUT2D eigenvalue weighted by Crippen LogP contribution is 2.36. The van der Waals surface area contributed by atoms with Crippen LogP contribution in [0.1, 0.15) is 30.2 Å². The van der Waals surface area contributed by atoms with Crippen molar-refractivity contribution in [3.63, 3.8) is 0 Å². The SMILES string of the molecule is CCC(O)(c1cccc(C(F)(F)F)c1)c1ccc(F)cn1. The van der Waals surface area contributed by atoms with E-state index in [0.29, 0.717) is 0 Å². The number of pyridine rings is 1. The van der Waals surface area contributed by atoms with Crippen LogP contribution in [0, 0.1) is 5.82 Å². The summed E-state index contributed by atoms with van der Waals surface area (Å²) in [6, 6.07) is 6.80. The van der Waals surface area contributed by atoms with Crippen LogP contribution in [0.15, 0.2) is 42.6 Å². The molecular weight excluding hydrogens is 286 g/mol. The number of benzene rings is 1. The smallest absolute Gasteiger partial charge is 0.379 e. The Labute approximate surface area is 119 Å². The maximum absolute atomic E-state index is 12.9. The van der Waals surface area contributed by atoms with Crippen LogP contribution in [-0.4, -0.2) is 10.1 Å². The van der Waals surface area contributed by atoms with E-state index >= 15 is 0 Å². The van der Waals surface area contributed by atoms with Gasteiger partial charge in [0.2, 0.25) is 0 Å². The van der Waals surface area contributed by atoms with Crippen molar-refractivity contribution in [3.05, 3.63) is 65.2 Å². The van der Waals surface area contributed by atoms with Crippen molar-refractivity contribution in [2.45, 2.75) is 25.1 Å². The topological polar surface area (TPSA) is 33.1 Å². The second kappa shape index (κ2) is 5.44. The summed E-state index contributed by atoms with van der Waals surface area (Å²) in [6.45, 7) is 1.62. The molecule has 21 heavy (non-hydrogen) atoms. The fraction of sp³-hybridized carbons (Fsp3) is 0.267. The second-order valence-corrected chi connectivity index (χ2v) is 4.65. The van der Waals surface area contributed by atoms with Gasteiger partial charge < -0.3 is 5.11 Å². The summed E-state index contributed by atoms with van der Waals surface area (Å²) in [6.07, 6.45) is -3.47. The molecule has 0 aliphatic rings. The van der Waals surface area contributed by atoms with E-state index in [0.717, 1.165) is 24.4 Å². The average Bonchev–Trinajstić information content (AvgIpc) is 2.46. The maximum Gasteiger partial charge on any atom is 0.416 e. The van der Waals surface area contributed by atoms with Crippen molar-refractivity contribution in [2.75, 3.05) is 0 Å². The van der Waals surface area contributed by atoms with Gasteiger partial charge in [-0.05, 0) is 36.2 Å². The van der Waals surface area contributed by atoms with Crippen molar-refractivity contribution in [1.29, 1.82) is 0 Å². The third-order valence-corrected chi connectivity index (χ3v) is 3.33. The molecule has 2 aromatic rings. The monoisotopic (exact) mass is 299 g/mol. The van der Waals surface area contributed by atoms with E-state index in [-0.39, 0.29) is 17.7 Å². The summed E-state index contributed by atoms with van der Waals surface area (Å²) >= 11 is 0. The van der Waals surface area contributed by atoms with Gasteiger partial charge in [0.15, 0.2) is 0 Å². The Hall–Kier alpha value is -1.95. The molecule has 6 heteroatoms. The van der Waals surface area contributed by atoms with Crippen LogP contribution >= 0.6 is 0 Å². The largest absolute Gasteiger partial charge is 0.416 e. The minimum absolute atomic E-state index is 0.0685. The molecule has 1 aromatic carbocycles. The Morgan fingerprint density at radius 3 is 2.29 bits per heavy atom. The number of halogens is 4. The van der Waals surface area contributed by atoms with Crippen molar-refractivity contribution in [1.82, 2.24) is 4.98 Å². The summed E-state index contributed by atoms with van der Waals surface area (Å²) in [7, 11) is 0. The van der Waals surface area contributed by atoms with Crippen molar-refractivity contribution < 1.29 is 22.7 Å². The van der Waals surface area contributed by atoms with E-state index in [4.69, 9.17) is 0 Å². The molecule has 0 amide bonds. The quantitative estimate of drug-likeness (QED) is 0.872. The zero-order valence-corrected chi connectivity index (χ0v) is 11.2. The van der Waals surface area contributed by atoms with E-state index in [1.807, 2.05) is 0 Å². The summed E-state index contributed by atoms with van der Waals surface area (Å²) < 4.78 is 51.2. The highest BCUT2D eigenvalue weighted by molar-refractivity contribution is 5.36. The Morgan fingerprint density at radius 1 is 1.10 bits per heavy atom. The number of nitrogens with zero attached hydrogens (tertiary/aromatic N) is 1. The molecule has 0 fully saturated rings. The Kier molecular flexibility index (Phi) is 4.00. The number of hydrogen-bond donors (Lipinski definition) is 1. The second-order valence-electron chi connectivity index (χ2n) is 4.65. The molecule has 0 aliphatic carbocycles. The predicted molar refractivity (Wildman–Crippen MR) is 68.9 cm³/mol. The lowest BCUT2D eigenvalue weighted by Crippen LogP contribution is -2.28. The molecule has 0 saturated heterocycles. The zero-order chi connectivity index (χ0) is 15.7. The zero-order valence-electron chi connectivity index (χ0n) is 11.2. The molecule has 2 rings (SSSR count). The number of alkyl halides is 3. The predicted octanol–water partition coefficient (Wildman–Crippen LogP) is 3.89. The first kappa shape index (κ1) is 15.4. The van der Waals surface area contributed by atoms with Crippen molar-refractivity contribution in [3.8, 4) is 0 Å². The van der Waals surface area contributed by atoms with Gasteiger partial charge in [-0.3, -0.25) is 4.98 Å². The molecule has 1 atom stereocenters. The Bertz CT molecular complexity index is 624. The van der Waals surface area contributed by atoms with Crippen molar-refractivity contribution in [2.24, 2.45) is 0 Å². The average molecular weight is 299 g/mol. The van der Waals surface area contributed by atoms with E-state index in [9.17, 15) is 22.7 Å². The van der Waals surface area contributed by atoms with E-state index in [2.05, 4.69) is 4.98 Å². The maximum atomic E-state index is 12.9. The number of hydrogen-bond acceptors (Lipinski definition) is 2. The molecular formula is C15H13F4NO. The minimum Gasteiger partial charge on any atom is -0.379 e. The highest BCUT2D eigenvalue weighted by atomic mass is 19.4. The molecule has 0 saturated carbocycles. The van der Waals surface area contributed by atoms with Crippen LogP contribution in [0.4, 0.5) is 17.6 Å². The molecule has 1 unspecified atom stereocenters. The van der Waals surface area contributed by atoms with Gasteiger partial charge in [-0.1, -0.05) is 19.1 Å². The van der Waals surface area contributed by atoms with E-state index < -0.39 is 23.2 Å². The molecule has 112 valence electrons. The van der Waals surface area contributed by atoms with Gasteiger partial charge in [-0.15, -0.1) is 0 Å². The summed E-state index contributed by atoms with van der Waals surface area (Å²) in [5.74, 6) is -0.582. The summed E-state index contributed by atoms with van der Waals surface area (Å²) in [5.41, 5.74) is -2.38. The lowest BCUT2D eigenvalue weighted by Gasteiger charge is -2.27. The summed E-state index contributed by atoms with van der Waals surface area (Å²) in [4.78, 5) is 3.78. The fourth-order valence-electron chi connectivity index (χ4n) is 2.11. The Balaban J connectivity index is 2.52. The molecule has 0 spiro atoms. The third kappa shape index (κ3) is 3.05. The molecule has 1 heterocycles. The van der Waals surface area contributed by atoms with E-state index in [1.54, 1.807) is 6.92 Å². The van der Waals surface area contributed by atoms with Crippen molar-refractivity contribution >= 4 is 0 Å². The van der Waals surface area contributed by atoms with Gasteiger partial charge >= 0.3 is 6.18 Å². The highest BCUT2D eigenvalue weighted by Gasteiger charge is 2.35.